The van der Waals surface area contributed by atoms with Gasteiger partial charge in [0, 0.05) is 18.7 Å². The lowest BCUT2D eigenvalue weighted by atomic mass is 9.98. The summed E-state index contributed by atoms with van der Waals surface area (Å²) in [6, 6.07) is 9.63. The van der Waals surface area contributed by atoms with Gasteiger partial charge in [0.15, 0.2) is 0 Å². The monoisotopic (exact) mass is 231 g/mol. The van der Waals surface area contributed by atoms with Crippen LogP contribution in [0.25, 0.3) is 0 Å². The Bertz CT molecular complexity index is 360. The van der Waals surface area contributed by atoms with Gasteiger partial charge in [-0.05, 0) is 37.3 Å². The van der Waals surface area contributed by atoms with Gasteiger partial charge in [0.2, 0.25) is 0 Å². The van der Waals surface area contributed by atoms with E-state index >= 15 is 0 Å². The highest BCUT2D eigenvalue weighted by Crippen LogP contribution is 2.21. The van der Waals surface area contributed by atoms with Crippen LogP contribution in [-0.4, -0.2) is 23.9 Å². The number of amides is 1. The van der Waals surface area contributed by atoms with Crippen molar-refractivity contribution >= 4 is 5.91 Å². The zero-order valence-electron chi connectivity index (χ0n) is 10.6. The molecule has 2 nitrogen and oxygen atoms in total. The van der Waals surface area contributed by atoms with Crippen LogP contribution in [0.15, 0.2) is 30.3 Å². The van der Waals surface area contributed by atoms with Crippen molar-refractivity contribution in [1.29, 1.82) is 0 Å². The summed E-state index contributed by atoms with van der Waals surface area (Å²) in [6.45, 7) is 4.09. The summed E-state index contributed by atoms with van der Waals surface area (Å²) < 4.78 is 0. The first-order valence-electron chi connectivity index (χ1n) is 6.65. The predicted octanol–water partition coefficient (Wildman–Crippen LogP) is 3.34. The second-order valence-electron chi connectivity index (χ2n) is 4.86. The van der Waals surface area contributed by atoms with E-state index in [0.717, 1.165) is 37.4 Å². The molecule has 0 aromatic heterocycles. The third-order valence-corrected chi connectivity index (χ3v) is 3.73. The number of benzene rings is 1. The third-order valence-electron chi connectivity index (χ3n) is 3.73. The SMILES string of the molecule is CCC1CCCN(C(=O)c2ccccc2)CC1. The van der Waals surface area contributed by atoms with E-state index in [-0.39, 0.29) is 5.91 Å². The van der Waals surface area contributed by atoms with Crippen molar-refractivity contribution in [2.45, 2.75) is 32.6 Å². The molecule has 0 bridgehead atoms. The van der Waals surface area contributed by atoms with Crippen LogP contribution in [0.2, 0.25) is 0 Å². The van der Waals surface area contributed by atoms with Crippen molar-refractivity contribution in [3.05, 3.63) is 35.9 Å². The Labute approximate surface area is 104 Å². The quantitative estimate of drug-likeness (QED) is 0.764. The first kappa shape index (κ1) is 12.2. The maximum absolute atomic E-state index is 12.3. The van der Waals surface area contributed by atoms with E-state index in [1.54, 1.807) is 0 Å². The molecule has 1 aliphatic rings. The zero-order chi connectivity index (χ0) is 12.1. The van der Waals surface area contributed by atoms with Crippen molar-refractivity contribution in [2.75, 3.05) is 13.1 Å². The first-order chi connectivity index (χ1) is 8.31. The van der Waals surface area contributed by atoms with Crippen molar-refractivity contribution in [3.8, 4) is 0 Å². The van der Waals surface area contributed by atoms with E-state index in [4.69, 9.17) is 0 Å². The van der Waals surface area contributed by atoms with Gasteiger partial charge in [-0.2, -0.15) is 0 Å². The van der Waals surface area contributed by atoms with E-state index in [2.05, 4.69) is 6.92 Å². The summed E-state index contributed by atoms with van der Waals surface area (Å²) in [5.74, 6) is 1.01. The number of carbonyl (C=O) groups is 1. The first-order valence-corrected chi connectivity index (χ1v) is 6.65. The summed E-state index contributed by atoms with van der Waals surface area (Å²) in [5.41, 5.74) is 0.822. The van der Waals surface area contributed by atoms with Crippen LogP contribution < -0.4 is 0 Å². The molecule has 1 aromatic carbocycles. The molecule has 2 rings (SSSR count). The second kappa shape index (κ2) is 5.85. The van der Waals surface area contributed by atoms with Crippen molar-refractivity contribution < 1.29 is 4.79 Å². The highest BCUT2D eigenvalue weighted by Gasteiger charge is 2.20. The Kier molecular flexibility index (Phi) is 4.18. The Morgan fingerprint density at radius 2 is 2.00 bits per heavy atom. The van der Waals surface area contributed by atoms with E-state index in [9.17, 15) is 4.79 Å². The van der Waals surface area contributed by atoms with E-state index < -0.39 is 0 Å². The molecule has 92 valence electrons. The molecule has 0 aliphatic carbocycles. The molecule has 1 fully saturated rings. The number of likely N-dealkylation sites (tertiary alicyclic amines) is 1. The fourth-order valence-corrected chi connectivity index (χ4v) is 2.54. The Hall–Kier alpha value is -1.31. The van der Waals surface area contributed by atoms with Crippen LogP contribution in [0.1, 0.15) is 43.0 Å². The minimum Gasteiger partial charge on any atom is -0.339 e. The van der Waals surface area contributed by atoms with E-state index in [1.807, 2.05) is 35.2 Å². The van der Waals surface area contributed by atoms with Crippen LogP contribution in [0.3, 0.4) is 0 Å². The van der Waals surface area contributed by atoms with Gasteiger partial charge in [0.1, 0.15) is 0 Å². The van der Waals surface area contributed by atoms with Gasteiger partial charge in [-0.25, -0.2) is 0 Å². The number of hydrogen-bond acceptors (Lipinski definition) is 1. The van der Waals surface area contributed by atoms with Crippen molar-refractivity contribution in [2.24, 2.45) is 5.92 Å². The average Bonchev–Trinajstić information content (AvgIpc) is 2.64. The van der Waals surface area contributed by atoms with Gasteiger partial charge in [0.25, 0.3) is 5.91 Å². The van der Waals surface area contributed by atoms with Crippen LogP contribution in [0.4, 0.5) is 0 Å². The van der Waals surface area contributed by atoms with Crippen molar-refractivity contribution in [3.63, 3.8) is 0 Å². The molecule has 1 atom stereocenters. The maximum Gasteiger partial charge on any atom is 0.253 e. The molecule has 17 heavy (non-hydrogen) atoms. The molecular weight excluding hydrogens is 210 g/mol. The molecule has 1 heterocycles. The topological polar surface area (TPSA) is 20.3 Å². The molecule has 1 saturated heterocycles. The Morgan fingerprint density at radius 1 is 1.24 bits per heavy atom. The highest BCUT2D eigenvalue weighted by molar-refractivity contribution is 5.94. The van der Waals surface area contributed by atoms with Gasteiger partial charge >= 0.3 is 0 Å². The van der Waals surface area contributed by atoms with Gasteiger partial charge in [-0.15, -0.1) is 0 Å². The molecule has 0 saturated carbocycles. The number of nitrogens with zero attached hydrogens (tertiary/aromatic N) is 1. The minimum absolute atomic E-state index is 0.197. The van der Waals surface area contributed by atoms with Gasteiger partial charge in [0.05, 0.1) is 0 Å². The predicted molar refractivity (Wildman–Crippen MR) is 70.0 cm³/mol. The van der Waals surface area contributed by atoms with Crippen LogP contribution in [0.5, 0.6) is 0 Å². The smallest absolute Gasteiger partial charge is 0.253 e. The van der Waals surface area contributed by atoms with E-state index in [1.165, 1.54) is 12.8 Å². The third kappa shape index (κ3) is 3.09. The molecule has 1 amide bonds. The summed E-state index contributed by atoms with van der Waals surface area (Å²) in [4.78, 5) is 14.3. The lowest BCUT2D eigenvalue weighted by Gasteiger charge is -2.20. The standard InChI is InChI=1S/C15H21NO/c1-2-13-7-6-11-16(12-10-13)15(17)14-8-4-3-5-9-14/h3-5,8-9,13H,2,6-7,10-12H2,1H3. The lowest BCUT2D eigenvalue weighted by Crippen LogP contribution is -2.31. The van der Waals surface area contributed by atoms with Crippen LogP contribution >= 0.6 is 0 Å². The maximum atomic E-state index is 12.3. The summed E-state index contributed by atoms with van der Waals surface area (Å²) in [5, 5.41) is 0. The molecule has 1 unspecified atom stereocenters. The van der Waals surface area contributed by atoms with Crippen LogP contribution in [-0.2, 0) is 0 Å². The van der Waals surface area contributed by atoms with Crippen molar-refractivity contribution in [1.82, 2.24) is 4.90 Å². The molecule has 0 spiro atoms. The second-order valence-corrected chi connectivity index (χ2v) is 4.86. The number of rotatable bonds is 2. The van der Waals surface area contributed by atoms with E-state index in [0.29, 0.717) is 0 Å². The molecular formula is C15H21NO. The van der Waals surface area contributed by atoms with Crippen LogP contribution in [0, 0.1) is 5.92 Å². The van der Waals surface area contributed by atoms with Gasteiger partial charge in [-0.3, -0.25) is 4.79 Å². The van der Waals surface area contributed by atoms with Gasteiger partial charge in [-0.1, -0.05) is 31.5 Å². The fourth-order valence-electron chi connectivity index (χ4n) is 2.54. The summed E-state index contributed by atoms with van der Waals surface area (Å²) in [6.07, 6.45) is 4.83. The zero-order valence-corrected chi connectivity index (χ0v) is 10.6. The minimum atomic E-state index is 0.197. The molecule has 0 radical (unpaired) electrons. The van der Waals surface area contributed by atoms with Gasteiger partial charge < -0.3 is 4.90 Å². The average molecular weight is 231 g/mol. The Morgan fingerprint density at radius 3 is 2.71 bits per heavy atom. The Balaban J connectivity index is 2.01. The highest BCUT2D eigenvalue weighted by atomic mass is 16.2. The largest absolute Gasteiger partial charge is 0.339 e. The number of carbonyl (C=O) groups excluding carboxylic acids is 1. The lowest BCUT2D eigenvalue weighted by molar-refractivity contribution is 0.0760. The number of hydrogen-bond donors (Lipinski definition) is 0. The molecule has 1 aliphatic heterocycles. The molecule has 2 heteroatoms. The fraction of sp³-hybridized carbons (Fsp3) is 0.533. The summed E-state index contributed by atoms with van der Waals surface area (Å²) >= 11 is 0. The molecule has 0 N–H and O–H groups in total. The molecule has 1 aromatic rings. The normalized spacial score (nSPS) is 21.0. The summed E-state index contributed by atoms with van der Waals surface area (Å²) in [7, 11) is 0.